The second-order valence-electron chi connectivity index (χ2n) is 10.3. The van der Waals surface area contributed by atoms with E-state index in [2.05, 4.69) is 5.32 Å². The Bertz CT molecular complexity index is 1410. The summed E-state index contributed by atoms with van der Waals surface area (Å²) in [7, 11) is -3.90. The van der Waals surface area contributed by atoms with Crippen LogP contribution in [0.1, 0.15) is 31.9 Å². The van der Waals surface area contributed by atoms with Crippen molar-refractivity contribution in [3.63, 3.8) is 0 Å². The molecule has 3 rings (SSSR count). The van der Waals surface area contributed by atoms with E-state index >= 15 is 0 Å². The number of nitrogens with one attached hydrogen (secondary N) is 1. The Kier molecular flexibility index (Phi) is 10.0. The van der Waals surface area contributed by atoms with Gasteiger partial charge in [-0.1, -0.05) is 77.8 Å². The van der Waals surface area contributed by atoms with Crippen LogP contribution < -0.4 is 9.62 Å². The van der Waals surface area contributed by atoms with Crippen LogP contribution in [0, 0.1) is 0 Å². The quantitative estimate of drug-likeness (QED) is 0.347. The first-order valence-electron chi connectivity index (χ1n) is 12.4. The van der Waals surface area contributed by atoms with Gasteiger partial charge in [-0.2, -0.15) is 0 Å². The number of rotatable bonds is 10. The molecule has 3 aromatic rings. The molecule has 0 heterocycles. The van der Waals surface area contributed by atoms with Crippen molar-refractivity contribution in [1.29, 1.82) is 0 Å². The van der Waals surface area contributed by atoms with Gasteiger partial charge < -0.3 is 10.2 Å². The topological polar surface area (TPSA) is 86.8 Å². The number of nitrogens with zero attached hydrogens (tertiary/aromatic N) is 2. The van der Waals surface area contributed by atoms with Crippen molar-refractivity contribution in [3.05, 3.63) is 100 Å². The lowest BCUT2D eigenvalue weighted by Gasteiger charge is -2.35. The molecule has 1 N–H and O–H groups in total. The van der Waals surface area contributed by atoms with Crippen LogP contribution in [0.15, 0.2) is 78.9 Å². The lowest BCUT2D eigenvalue weighted by molar-refractivity contribution is -0.140. The predicted molar refractivity (Wildman–Crippen MR) is 157 cm³/mol. The first-order valence-corrected chi connectivity index (χ1v) is 15.0. The first kappa shape index (κ1) is 30.5. The number of anilines is 1. The van der Waals surface area contributed by atoms with Crippen LogP contribution in [0.3, 0.4) is 0 Å². The largest absolute Gasteiger partial charge is 0.350 e. The van der Waals surface area contributed by atoms with E-state index in [0.29, 0.717) is 10.6 Å². The molecule has 0 aromatic heterocycles. The molecule has 3 aromatic carbocycles. The van der Waals surface area contributed by atoms with Gasteiger partial charge in [0.15, 0.2) is 0 Å². The molecule has 2 amide bonds. The Labute approximate surface area is 240 Å². The van der Waals surface area contributed by atoms with Crippen LogP contribution in [-0.2, 0) is 32.6 Å². The van der Waals surface area contributed by atoms with E-state index in [1.807, 2.05) is 51.1 Å². The summed E-state index contributed by atoms with van der Waals surface area (Å²) < 4.78 is 26.6. The van der Waals surface area contributed by atoms with Gasteiger partial charge in [0.2, 0.25) is 21.8 Å². The van der Waals surface area contributed by atoms with Gasteiger partial charge in [-0.15, -0.1) is 0 Å². The second kappa shape index (κ2) is 12.9. The third kappa shape index (κ3) is 8.98. The number of hydrogen-bond donors (Lipinski definition) is 1. The molecular formula is C29H33Cl2N3O4S. The molecule has 0 saturated heterocycles. The maximum atomic E-state index is 14.0. The monoisotopic (exact) mass is 589 g/mol. The highest BCUT2D eigenvalue weighted by atomic mass is 35.5. The highest BCUT2D eigenvalue weighted by Gasteiger charge is 2.34. The number of para-hydroxylation sites is 1. The van der Waals surface area contributed by atoms with Crippen molar-refractivity contribution in [2.75, 3.05) is 17.1 Å². The molecule has 0 aliphatic heterocycles. The Hall–Kier alpha value is -3.07. The van der Waals surface area contributed by atoms with Crippen molar-refractivity contribution in [3.8, 4) is 0 Å². The van der Waals surface area contributed by atoms with E-state index in [0.717, 1.165) is 16.1 Å². The molecule has 0 saturated carbocycles. The van der Waals surface area contributed by atoms with E-state index in [1.54, 1.807) is 42.5 Å². The van der Waals surface area contributed by atoms with E-state index < -0.39 is 34.1 Å². The fraction of sp³-hybridized carbons (Fsp3) is 0.310. The molecule has 7 nitrogen and oxygen atoms in total. The molecule has 208 valence electrons. The van der Waals surface area contributed by atoms with Crippen molar-refractivity contribution in [2.45, 2.75) is 45.3 Å². The number of amides is 2. The zero-order chi connectivity index (χ0) is 28.8. The van der Waals surface area contributed by atoms with Crippen molar-refractivity contribution < 1.29 is 18.0 Å². The predicted octanol–water partition coefficient (Wildman–Crippen LogP) is 5.31. The molecule has 0 aliphatic carbocycles. The number of hydrogen-bond acceptors (Lipinski definition) is 4. The van der Waals surface area contributed by atoms with Crippen LogP contribution in [0.2, 0.25) is 10.0 Å². The Morgan fingerprint density at radius 3 is 2.10 bits per heavy atom. The van der Waals surface area contributed by atoms with E-state index in [-0.39, 0.29) is 29.6 Å². The van der Waals surface area contributed by atoms with Gasteiger partial charge in [-0.3, -0.25) is 13.9 Å². The zero-order valence-corrected chi connectivity index (χ0v) is 24.7. The Morgan fingerprint density at radius 2 is 1.51 bits per heavy atom. The molecule has 0 aliphatic rings. The van der Waals surface area contributed by atoms with Gasteiger partial charge >= 0.3 is 0 Å². The summed E-state index contributed by atoms with van der Waals surface area (Å²) in [6.45, 7) is 5.06. The lowest BCUT2D eigenvalue weighted by atomic mass is 10.0. The maximum absolute atomic E-state index is 14.0. The average molecular weight is 591 g/mol. The Balaban J connectivity index is 2.09. The van der Waals surface area contributed by atoms with Crippen molar-refractivity contribution in [2.24, 2.45) is 0 Å². The molecule has 10 heteroatoms. The molecule has 0 radical (unpaired) electrons. The standard InChI is InChI=1S/C29H33Cl2N3O4S/c1-29(2,3)32-28(36)26(18-21-11-6-5-7-12-21)33(19-22-13-10-14-23(30)17-22)27(35)20-34(39(4,37)38)25-16-9-8-15-24(25)31/h5-17,26H,18-20H2,1-4H3,(H,32,36)/t26-/m0/s1. The van der Waals surface area contributed by atoms with Crippen molar-refractivity contribution in [1.82, 2.24) is 10.2 Å². The third-order valence-corrected chi connectivity index (χ3v) is 7.49. The molecular weight excluding hydrogens is 557 g/mol. The van der Waals surface area contributed by atoms with Gasteiger partial charge in [-0.05, 0) is 56.2 Å². The Morgan fingerprint density at radius 1 is 0.897 bits per heavy atom. The lowest BCUT2D eigenvalue weighted by Crippen LogP contribution is -2.56. The van der Waals surface area contributed by atoms with Crippen LogP contribution in [0.5, 0.6) is 0 Å². The summed E-state index contributed by atoms with van der Waals surface area (Å²) in [4.78, 5) is 29.1. The fourth-order valence-corrected chi connectivity index (χ4v) is 5.45. The summed E-state index contributed by atoms with van der Waals surface area (Å²) >= 11 is 12.5. The molecule has 0 unspecified atom stereocenters. The van der Waals surface area contributed by atoms with Crippen LogP contribution in [0.4, 0.5) is 5.69 Å². The van der Waals surface area contributed by atoms with Gasteiger partial charge in [0.1, 0.15) is 12.6 Å². The van der Waals surface area contributed by atoms with Crippen LogP contribution in [-0.4, -0.2) is 49.5 Å². The first-order chi connectivity index (χ1) is 18.2. The van der Waals surface area contributed by atoms with Crippen molar-refractivity contribution >= 4 is 50.7 Å². The van der Waals surface area contributed by atoms with E-state index in [1.165, 1.54) is 11.0 Å². The van der Waals surface area contributed by atoms with Gasteiger partial charge in [0.05, 0.1) is 17.0 Å². The smallest absolute Gasteiger partial charge is 0.244 e. The number of sulfonamides is 1. The third-order valence-electron chi connectivity index (χ3n) is 5.81. The summed E-state index contributed by atoms with van der Waals surface area (Å²) in [5, 5.41) is 3.65. The van der Waals surface area contributed by atoms with Gasteiger partial charge in [-0.25, -0.2) is 8.42 Å². The molecule has 0 spiro atoms. The maximum Gasteiger partial charge on any atom is 0.244 e. The normalized spacial score (nSPS) is 12.5. The summed E-state index contributed by atoms with van der Waals surface area (Å²) in [6.07, 6.45) is 1.23. The fourth-order valence-electron chi connectivity index (χ4n) is 4.09. The summed E-state index contributed by atoms with van der Waals surface area (Å²) in [6, 6.07) is 21.8. The summed E-state index contributed by atoms with van der Waals surface area (Å²) in [5.41, 5.74) is 1.16. The minimum absolute atomic E-state index is 0.0363. The SMILES string of the molecule is CC(C)(C)NC(=O)[C@H](Cc1ccccc1)N(Cc1cccc(Cl)c1)C(=O)CN(c1ccccc1Cl)S(C)(=O)=O. The summed E-state index contributed by atoms with van der Waals surface area (Å²) in [5.74, 6) is -0.921. The number of carbonyl (C=O) groups is 2. The van der Waals surface area contributed by atoms with Crippen LogP contribution in [0.25, 0.3) is 0 Å². The highest BCUT2D eigenvalue weighted by molar-refractivity contribution is 7.92. The molecule has 1 atom stereocenters. The number of halogens is 2. The molecule has 0 fully saturated rings. The minimum atomic E-state index is -3.90. The molecule has 0 bridgehead atoms. The number of carbonyl (C=O) groups excluding carboxylic acids is 2. The van der Waals surface area contributed by atoms with Gasteiger partial charge in [0, 0.05) is 23.5 Å². The molecule has 39 heavy (non-hydrogen) atoms. The van der Waals surface area contributed by atoms with E-state index in [4.69, 9.17) is 23.2 Å². The minimum Gasteiger partial charge on any atom is -0.350 e. The van der Waals surface area contributed by atoms with Crippen LogP contribution >= 0.6 is 23.2 Å². The van der Waals surface area contributed by atoms with Gasteiger partial charge in [0.25, 0.3) is 0 Å². The van der Waals surface area contributed by atoms with E-state index in [9.17, 15) is 18.0 Å². The highest BCUT2D eigenvalue weighted by Crippen LogP contribution is 2.28. The number of benzene rings is 3. The average Bonchev–Trinajstić information content (AvgIpc) is 2.84. The second-order valence-corrected chi connectivity index (χ2v) is 13.1. The zero-order valence-electron chi connectivity index (χ0n) is 22.4.